The van der Waals surface area contributed by atoms with Crippen LogP contribution in [0.1, 0.15) is 5.56 Å². The van der Waals surface area contributed by atoms with Gasteiger partial charge >= 0.3 is 0 Å². The average molecular weight is 262 g/mol. The molecular weight excluding hydrogens is 252 g/mol. The van der Waals surface area contributed by atoms with Crippen LogP contribution in [0.25, 0.3) is 10.8 Å². The van der Waals surface area contributed by atoms with Crippen LogP contribution in [0.15, 0.2) is 41.3 Å². The van der Waals surface area contributed by atoms with E-state index in [0.717, 1.165) is 5.39 Å². The van der Waals surface area contributed by atoms with Crippen LogP contribution in [0.4, 0.5) is 0 Å². The van der Waals surface area contributed by atoms with Gasteiger partial charge in [-0.2, -0.15) is 8.42 Å². The summed E-state index contributed by atoms with van der Waals surface area (Å²) in [6.45, 7) is 1.66. The summed E-state index contributed by atoms with van der Waals surface area (Å²) >= 11 is 0. The molecule has 16 heavy (non-hydrogen) atoms. The molecule has 0 saturated heterocycles. The van der Waals surface area contributed by atoms with Crippen LogP contribution in [-0.2, 0) is 10.1 Å². The quantitative estimate of drug-likeness (QED) is 0.632. The molecule has 0 spiro atoms. The molecule has 2 rings (SSSR count). The van der Waals surface area contributed by atoms with E-state index in [0.29, 0.717) is 10.9 Å². The van der Waals surface area contributed by atoms with Crippen molar-refractivity contribution in [2.45, 2.75) is 11.8 Å². The molecule has 5 heteroatoms. The minimum atomic E-state index is -4.16. The average Bonchev–Trinajstić information content (AvgIpc) is 2.15. The first-order chi connectivity index (χ1) is 7.00. The summed E-state index contributed by atoms with van der Waals surface area (Å²) in [5.41, 5.74) is 0.552. The zero-order valence-corrected chi connectivity index (χ0v) is 11.9. The van der Waals surface area contributed by atoms with Gasteiger partial charge in [-0.25, -0.2) is 0 Å². The zero-order valence-electron chi connectivity index (χ0n) is 8.84. The van der Waals surface area contributed by atoms with Gasteiger partial charge in [0.15, 0.2) is 0 Å². The van der Waals surface area contributed by atoms with Gasteiger partial charge in [-0.05, 0) is 17.9 Å². The normalized spacial score (nSPS) is 11.1. The van der Waals surface area contributed by atoms with Crippen molar-refractivity contribution in [1.29, 1.82) is 0 Å². The third kappa shape index (κ3) is 2.57. The molecule has 0 atom stereocenters. The van der Waals surface area contributed by atoms with Crippen LogP contribution in [-0.4, -0.2) is 50.7 Å². The molecule has 0 fully saturated rings. The standard InChI is InChI=1S/C11H10O3S.Ca/c1-8-6-7-9-4-2-3-5-10(9)11(8)15(12,13)14;/h2-7H,1H3,(H,12,13,14);. The van der Waals surface area contributed by atoms with Crippen molar-refractivity contribution in [2.24, 2.45) is 0 Å². The van der Waals surface area contributed by atoms with Crippen molar-refractivity contribution in [3.8, 4) is 0 Å². The Hall–Kier alpha value is -0.130. The largest absolute Gasteiger partial charge is 0.295 e. The van der Waals surface area contributed by atoms with Gasteiger partial charge in [-0.3, -0.25) is 4.55 Å². The Morgan fingerprint density at radius 3 is 2.31 bits per heavy atom. The molecule has 0 unspecified atom stereocenters. The summed E-state index contributed by atoms with van der Waals surface area (Å²) in [5, 5.41) is 1.36. The third-order valence-electron chi connectivity index (χ3n) is 2.33. The van der Waals surface area contributed by atoms with Crippen molar-refractivity contribution in [1.82, 2.24) is 0 Å². The summed E-state index contributed by atoms with van der Waals surface area (Å²) < 4.78 is 31.6. The van der Waals surface area contributed by atoms with Crippen molar-refractivity contribution in [3.63, 3.8) is 0 Å². The Labute approximate surface area is 124 Å². The molecule has 0 aromatic heterocycles. The van der Waals surface area contributed by atoms with E-state index >= 15 is 0 Å². The Morgan fingerprint density at radius 2 is 1.69 bits per heavy atom. The molecule has 0 amide bonds. The van der Waals surface area contributed by atoms with Gasteiger partial charge < -0.3 is 0 Å². The molecule has 2 radical (unpaired) electrons. The summed E-state index contributed by atoms with van der Waals surface area (Å²) in [6, 6.07) is 10.6. The first-order valence-electron chi connectivity index (χ1n) is 4.46. The van der Waals surface area contributed by atoms with Gasteiger partial charge in [-0.1, -0.05) is 36.4 Å². The van der Waals surface area contributed by atoms with Crippen molar-refractivity contribution in [2.75, 3.05) is 0 Å². The first kappa shape index (κ1) is 13.9. The van der Waals surface area contributed by atoms with E-state index < -0.39 is 10.1 Å². The number of fused-ring (bicyclic) bond motifs is 1. The second-order valence-corrected chi connectivity index (χ2v) is 4.77. The monoisotopic (exact) mass is 262 g/mol. The predicted molar refractivity (Wildman–Crippen MR) is 64.3 cm³/mol. The maximum Gasteiger partial charge on any atom is 0.295 e. The fraction of sp³-hybridized carbons (Fsp3) is 0.0909. The van der Waals surface area contributed by atoms with Gasteiger partial charge in [0.1, 0.15) is 4.90 Å². The Balaban J connectivity index is 0.00000128. The Morgan fingerprint density at radius 1 is 1.06 bits per heavy atom. The molecule has 0 bridgehead atoms. The Kier molecular flexibility index (Phi) is 4.37. The molecule has 0 aliphatic rings. The number of aryl methyl sites for hydroxylation is 1. The molecule has 2 aromatic rings. The molecule has 0 saturated carbocycles. The predicted octanol–water partition coefficient (Wildman–Crippen LogP) is 2.01. The van der Waals surface area contributed by atoms with Gasteiger partial charge in [0.25, 0.3) is 10.1 Å². The number of rotatable bonds is 1. The fourth-order valence-corrected chi connectivity index (χ4v) is 2.63. The fourth-order valence-electron chi connectivity index (χ4n) is 1.69. The van der Waals surface area contributed by atoms with E-state index in [4.69, 9.17) is 4.55 Å². The van der Waals surface area contributed by atoms with Gasteiger partial charge in [0, 0.05) is 43.1 Å². The maximum atomic E-state index is 11.2. The molecule has 0 aliphatic carbocycles. The minimum Gasteiger partial charge on any atom is -0.282 e. The zero-order chi connectivity index (χ0) is 11.1. The van der Waals surface area contributed by atoms with E-state index in [1.807, 2.05) is 18.2 Å². The molecule has 80 valence electrons. The van der Waals surface area contributed by atoms with Crippen molar-refractivity contribution in [3.05, 3.63) is 42.0 Å². The van der Waals surface area contributed by atoms with Crippen LogP contribution < -0.4 is 0 Å². The second kappa shape index (κ2) is 5.02. The molecule has 1 N–H and O–H groups in total. The number of hydrogen-bond donors (Lipinski definition) is 1. The topological polar surface area (TPSA) is 54.4 Å². The van der Waals surface area contributed by atoms with E-state index in [-0.39, 0.29) is 42.6 Å². The summed E-state index contributed by atoms with van der Waals surface area (Å²) in [7, 11) is -4.16. The smallest absolute Gasteiger partial charge is 0.282 e. The SMILES string of the molecule is Cc1ccc2ccccc2c1S(=O)(=O)O.[Ca]. The van der Waals surface area contributed by atoms with Crippen LogP contribution in [0.5, 0.6) is 0 Å². The summed E-state index contributed by atoms with van der Waals surface area (Å²) in [6.07, 6.45) is 0. The van der Waals surface area contributed by atoms with Crippen LogP contribution >= 0.6 is 0 Å². The summed E-state index contributed by atoms with van der Waals surface area (Å²) in [4.78, 5) is 0.000556. The molecule has 3 nitrogen and oxygen atoms in total. The van der Waals surface area contributed by atoms with Crippen molar-refractivity contribution >= 4 is 58.6 Å². The van der Waals surface area contributed by atoms with Gasteiger partial charge in [0.05, 0.1) is 0 Å². The number of benzene rings is 2. The summed E-state index contributed by atoms with van der Waals surface area (Å²) in [5.74, 6) is 0. The van der Waals surface area contributed by atoms with Gasteiger partial charge in [0.2, 0.25) is 0 Å². The molecule has 0 aliphatic heterocycles. The van der Waals surface area contributed by atoms with E-state index in [1.165, 1.54) is 0 Å². The van der Waals surface area contributed by atoms with E-state index in [2.05, 4.69) is 0 Å². The molecule has 2 aromatic carbocycles. The number of hydrogen-bond acceptors (Lipinski definition) is 2. The molecular formula is C11H10CaO3S. The minimum absolute atomic E-state index is 0. The van der Waals surface area contributed by atoms with E-state index in [1.54, 1.807) is 25.1 Å². The maximum absolute atomic E-state index is 11.2. The van der Waals surface area contributed by atoms with E-state index in [9.17, 15) is 8.42 Å². The Bertz CT molecular complexity index is 620. The van der Waals surface area contributed by atoms with Crippen molar-refractivity contribution < 1.29 is 13.0 Å². The third-order valence-corrected chi connectivity index (χ3v) is 3.39. The van der Waals surface area contributed by atoms with Crippen LogP contribution in [0.2, 0.25) is 0 Å². The molecule has 0 heterocycles. The van der Waals surface area contributed by atoms with Gasteiger partial charge in [-0.15, -0.1) is 0 Å². The first-order valence-corrected chi connectivity index (χ1v) is 5.90. The van der Waals surface area contributed by atoms with Crippen LogP contribution in [0.3, 0.4) is 0 Å². The second-order valence-electron chi connectivity index (χ2n) is 3.41. The van der Waals surface area contributed by atoms with Crippen LogP contribution in [0, 0.1) is 6.92 Å².